The normalized spacial score (nSPS) is 10.8. The Hall–Kier alpha value is -3.74. The Kier molecular flexibility index (Phi) is 5.96. The molecule has 0 spiro atoms. The van der Waals surface area contributed by atoms with E-state index in [1.165, 1.54) is 29.0 Å². The van der Waals surface area contributed by atoms with E-state index in [1.807, 2.05) is 0 Å². The second-order valence-corrected chi connectivity index (χ2v) is 5.79. The van der Waals surface area contributed by atoms with Crippen LogP contribution in [0.4, 0.5) is 10.1 Å². The first-order valence-electron chi connectivity index (χ1n) is 8.63. The molecule has 142 valence electrons. The second-order valence-electron chi connectivity index (χ2n) is 5.79. The molecule has 6 nitrogen and oxygen atoms in total. The molecule has 0 bridgehead atoms. The fourth-order valence-electron chi connectivity index (χ4n) is 2.47. The summed E-state index contributed by atoms with van der Waals surface area (Å²) in [6.45, 7) is 2.00. The topological polar surface area (TPSA) is 73.2 Å². The first-order chi connectivity index (χ1) is 13.5. The number of ether oxygens (including phenoxy) is 1. The predicted octanol–water partition coefficient (Wildman–Crippen LogP) is 3.84. The molecule has 0 unspecified atom stereocenters. The van der Waals surface area contributed by atoms with Gasteiger partial charge in [0.1, 0.15) is 5.82 Å². The summed E-state index contributed by atoms with van der Waals surface area (Å²) in [5, 5.41) is 6.92. The van der Waals surface area contributed by atoms with Gasteiger partial charge in [-0.1, -0.05) is 18.2 Å². The van der Waals surface area contributed by atoms with Gasteiger partial charge in [0, 0.05) is 18.0 Å². The van der Waals surface area contributed by atoms with E-state index in [1.54, 1.807) is 55.6 Å². The number of nitrogens with one attached hydrogen (secondary N) is 1. The highest BCUT2D eigenvalue weighted by atomic mass is 19.1. The number of carbonyl (C=O) groups is 2. The molecule has 1 heterocycles. The molecule has 28 heavy (non-hydrogen) atoms. The monoisotopic (exact) mass is 379 g/mol. The van der Waals surface area contributed by atoms with Gasteiger partial charge in [0.05, 0.1) is 12.3 Å². The van der Waals surface area contributed by atoms with Crippen LogP contribution in [0, 0.1) is 5.82 Å². The van der Waals surface area contributed by atoms with E-state index in [9.17, 15) is 14.0 Å². The minimum atomic E-state index is -0.492. The molecule has 1 aromatic heterocycles. The minimum Gasteiger partial charge on any atom is -0.461 e. The van der Waals surface area contributed by atoms with Crippen LogP contribution in [0.3, 0.4) is 0 Å². The van der Waals surface area contributed by atoms with Crippen molar-refractivity contribution in [3.8, 4) is 5.69 Å². The number of esters is 1. The lowest BCUT2D eigenvalue weighted by molar-refractivity contribution is -0.111. The van der Waals surface area contributed by atoms with Crippen LogP contribution in [-0.4, -0.2) is 28.3 Å². The maximum Gasteiger partial charge on any atom is 0.358 e. The Balaban J connectivity index is 1.69. The lowest BCUT2D eigenvalue weighted by Crippen LogP contribution is -2.09. The van der Waals surface area contributed by atoms with Crippen LogP contribution in [-0.2, 0) is 9.53 Å². The van der Waals surface area contributed by atoms with E-state index in [0.717, 1.165) is 0 Å². The van der Waals surface area contributed by atoms with Crippen LogP contribution in [0.2, 0.25) is 0 Å². The minimum absolute atomic E-state index is 0.203. The molecule has 0 aliphatic rings. The molecule has 2 aromatic carbocycles. The van der Waals surface area contributed by atoms with Gasteiger partial charge in [-0.15, -0.1) is 0 Å². The van der Waals surface area contributed by atoms with Gasteiger partial charge < -0.3 is 10.1 Å². The number of carbonyl (C=O) groups excluding carboxylic acids is 2. The zero-order valence-corrected chi connectivity index (χ0v) is 15.1. The summed E-state index contributed by atoms with van der Waals surface area (Å²) in [6.07, 6.45) is 4.49. The van der Waals surface area contributed by atoms with Crippen molar-refractivity contribution in [3.05, 3.63) is 83.9 Å². The van der Waals surface area contributed by atoms with E-state index >= 15 is 0 Å². The lowest BCUT2D eigenvalue weighted by atomic mass is 10.2. The maximum absolute atomic E-state index is 13.2. The molecule has 3 aromatic rings. The zero-order chi connectivity index (χ0) is 19.9. The number of hydrogen-bond acceptors (Lipinski definition) is 4. The smallest absolute Gasteiger partial charge is 0.358 e. The third kappa shape index (κ3) is 4.91. The fourth-order valence-corrected chi connectivity index (χ4v) is 2.47. The molecule has 0 atom stereocenters. The van der Waals surface area contributed by atoms with Crippen LogP contribution in [0.25, 0.3) is 11.8 Å². The van der Waals surface area contributed by atoms with Crippen molar-refractivity contribution < 1.29 is 18.7 Å². The molecule has 3 rings (SSSR count). The Morgan fingerprint density at radius 2 is 2.00 bits per heavy atom. The number of hydrogen-bond donors (Lipinski definition) is 1. The molecule has 0 radical (unpaired) electrons. The van der Waals surface area contributed by atoms with Gasteiger partial charge in [0.2, 0.25) is 5.91 Å². The van der Waals surface area contributed by atoms with Crippen LogP contribution in [0.1, 0.15) is 23.0 Å². The zero-order valence-electron chi connectivity index (χ0n) is 15.1. The SMILES string of the molecule is CCOC(=O)c1ccn(-c2cccc(NC(=O)C=Cc3cccc(F)c3)c2)n1. The highest BCUT2D eigenvalue weighted by Gasteiger charge is 2.11. The Morgan fingerprint density at radius 3 is 2.79 bits per heavy atom. The quantitative estimate of drug-likeness (QED) is 0.522. The molecule has 1 amide bonds. The summed E-state index contributed by atoms with van der Waals surface area (Å²) >= 11 is 0. The molecule has 7 heteroatoms. The number of anilines is 1. The molecule has 0 aliphatic heterocycles. The van der Waals surface area contributed by atoms with E-state index in [-0.39, 0.29) is 24.0 Å². The average molecular weight is 379 g/mol. The van der Waals surface area contributed by atoms with Crippen molar-refractivity contribution in [1.29, 1.82) is 0 Å². The van der Waals surface area contributed by atoms with Gasteiger partial charge in [-0.05, 0) is 55.0 Å². The van der Waals surface area contributed by atoms with Crippen molar-refractivity contribution >= 4 is 23.6 Å². The van der Waals surface area contributed by atoms with Crippen LogP contribution in [0.15, 0.2) is 66.9 Å². The first kappa shape index (κ1) is 19.0. The van der Waals surface area contributed by atoms with Crippen LogP contribution >= 0.6 is 0 Å². The van der Waals surface area contributed by atoms with E-state index in [0.29, 0.717) is 16.9 Å². The van der Waals surface area contributed by atoms with Gasteiger partial charge in [0.25, 0.3) is 0 Å². The number of aromatic nitrogens is 2. The van der Waals surface area contributed by atoms with Crippen molar-refractivity contribution in [2.24, 2.45) is 0 Å². The number of amides is 1. The lowest BCUT2D eigenvalue weighted by Gasteiger charge is -2.06. The van der Waals surface area contributed by atoms with Crippen LogP contribution < -0.4 is 5.32 Å². The second kappa shape index (κ2) is 8.77. The van der Waals surface area contributed by atoms with E-state index in [4.69, 9.17) is 4.74 Å². The van der Waals surface area contributed by atoms with E-state index in [2.05, 4.69) is 10.4 Å². The Labute approximate surface area is 161 Å². The highest BCUT2D eigenvalue weighted by molar-refractivity contribution is 6.02. The van der Waals surface area contributed by atoms with Crippen LogP contribution in [0.5, 0.6) is 0 Å². The summed E-state index contributed by atoms with van der Waals surface area (Å²) in [5.74, 6) is -1.21. The summed E-state index contributed by atoms with van der Waals surface area (Å²) in [6, 6.07) is 14.5. The summed E-state index contributed by atoms with van der Waals surface area (Å²) in [7, 11) is 0. The summed E-state index contributed by atoms with van der Waals surface area (Å²) in [5.41, 5.74) is 2.02. The molecular formula is C21H18FN3O3. The first-order valence-corrected chi connectivity index (χ1v) is 8.63. The molecular weight excluding hydrogens is 361 g/mol. The molecule has 1 N–H and O–H groups in total. The summed E-state index contributed by atoms with van der Waals surface area (Å²) in [4.78, 5) is 23.8. The molecule has 0 aliphatic carbocycles. The van der Waals surface area contributed by atoms with E-state index < -0.39 is 5.97 Å². The van der Waals surface area contributed by atoms with Gasteiger partial charge in [0.15, 0.2) is 5.69 Å². The largest absolute Gasteiger partial charge is 0.461 e. The fraction of sp³-hybridized carbons (Fsp3) is 0.0952. The van der Waals surface area contributed by atoms with Gasteiger partial charge in [-0.3, -0.25) is 4.79 Å². The number of rotatable bonds is 6. The Morgan fingerprint density at radius 1 is 1.18 bits per heavy atom. The van der Waals surface area contributed by atoms with Gasteiger partial charge in [-0.2, -0.15) is 5.10 Å². The highest BCUT2D eigenvalue weighted by Crippen LogP contribution is 2.15. The molecule has 0 saturated carbocycles. The predicted molar refractivity (Wildman–Crippen MR) is 104 cm³/mol. The van der Waals surface area contributed by atoms with Gasteiger partial charge in [-0.25, -0.2) is 13.9 Å². The third-order valence-electron chi connectivity index (χ3n) is 3.73. The Bertz CT molecular complexity index is 1030. The standard InChI is InChI=1S/C21H18FN3O3/c1-2-28-21(27)19-11-12-25(24-19)18-8-4-7-17(14-18)23-20(26)10-9-15-5-3-6-16(22)13-15/h3-14H,2H2,1H3,(H,23,26). The third-order valence-corrected chi connectivity index (χ3v) is 3.73. The number of halogens is 1. The maximum atomic E-state index is 13.2. The molecule has 0 fully saturated rings. The average Bonchev–Trinajstić information content (AvgIpc) is 3.17. The van der Waals surface area contributed by atoms with Crippen molar-refractivity contribution in [3.63, 3.8) is 0 Å². The van der Waals surface area contributed by atoms with Crippen molar-refractivity contribution in [2.75, 3.05) is 11.9 Å². The van der Waals surface area contributed by atoms with Gasteiger partial charge >= 0.3 is 5.97 Å². The van der Waals surface area contributed by atoms with Crippen molar-refractivity contribution in [2.45, 2.75) is 6.92 Å². The number of nitrogens with zero attached hydrogens (tertiary/aromatic N) is 2. The van der Waals surface area contributed by atoms with Crippen molar-refractivity contribution in [1.82, 2.24) is 9.78 Å². The number of benzene rings is 2. The molecule has 0 saturated heterocycles. The summed E-state index contributed by atoms with van der Waals surface area (Å²) < 4.78 is 19.6.